The summed E-state index contributed by atoms with van der Waals surface area (Å²) in [4.78, 5) is 2.54. The van der Waals surface area contributed by atoms with Gasteiger partial charge in [-0.2, -0.15) is 0 Å². The van der Waals surface area contributed by atoms with Crippen LogP contribution in [-0.2, 0) is 11.3 Å². The molecule has 1 N–H and O–H groups in total. The molecule has 0 bridgehead atoms. The topological polar surface area (TPSA) is 24.5 Å². The van der Waals surface area contributed by atoms with Crippen LogP contribution in [0.5, 0.6) is 0 Å². The molecule has 0 amide bonds. The van der Waals surface area contributed by atoms with Gasteiger partial charge >= 0.3 is 0 Å². The van der Waals surface area contributed by atoms with Crippen LogP contribution >= 0.6 is 0 Å². The molecule has 0 saturated carbocycles. The van der Waals surface area contributed by atoms with Crippen LogP contribution in [0.3, 0.4) is 0 Å². The predicted molar refractivity (Wildman–Crippen MR) is 79.2 cm³/mol. The summed E-state index contributed by atoms with van der Waals surface area (Å²) in [6.07, 6.45) is 1.18. The fourth-order valence-corrected chi connectivity index (χ4v) is 2.88. The van der Waals surface area contributed by atoms with Crippen LogP contribution in [0.2, 0.25) is 0 Å². The van der Waals surface area contributed by atoms with Crippen molar-refractivity contribution in [2.75, 3.05) is 32.8 Å². The Labute approximate surface area is 116 Å². The van der Waals surface area contributed by atoms with Gasteiger partial charge in [-0.05, 0) is 37.6 Å². The number of likely N-dealkylation sites (N-methyl/N-ethyl adjacent to an activating group) is 1. The van der Waals surface area contributed by atoms with Crippen LogP contribution in [0.15, 0.2) is 24.3 Å². The Bertz CT molecular complexity index is 381. The number of benzene rings is 1. The molecule has 1 atom stereocenters. The number of rotatable bonds is 6. The number of nitrogens with one attached hydrogen (secondary N) is 1. The third kappa shape index (κ3) is 3.78. The molecule has 1 aromatic rings. The average Bonchev–Trinajstić information content (AvgIpc) is 2.66. The van der Waals surface area contributed by atoms with Crippen molar-refractivity contribution in [3.63, 3.8) is 0 Å². The molecule has 3 nitrogen and oxygen atoms in total. The average molecular weight is 262 g/mol. The quantitative estimate of drug-likeness (QED) is 0.798. The third-order valence-corrected chi connectivity index (χ3v) is 3.90. The van der Waals surface area contributed by atoms with E-state index >= 15 is 0 Å². The summed E-state index contributed by atoms with van der Waals surface area (Å²) in [6, 6.07) is 9.36. The number of hydrogen-bond acceptors (Lipinski definition) is 3. The second-order valence-corrected chi connectivity index (χ2v) is 5.01. The van der Waals surface area contributed by atoms with E-state index in [-0.39, 0.29) is 0 Å². The van der Waals surface area contributed by atoms with Crippen molar-refractivity contribution in [3.8, 4) is 0 Å². The molecular weight excluding hydrogens is 236 g/mol. The molecule has 0 spiro atoms. The van der Waals surface area contributed by atoms with Gasteiger partial charge in [0.15, 0.2) is 0 Å². The minimum absolute atomic E-state index is 0.525. The normalized spacial score (nSPS) is 19.2. The summed E-state index contributed by atoms with van der Waals surface area (Å²) in [5.74, 6) is 0. The van der Waals surface area contributed by atoms with E-state index in [9.17, 15) is 0 Å². The van der Waals surface area contributed by atoms with Gasteiger partial charge in [0.1, 0.15) is 0 Å². The van der Waals surface area contributed by atoms with Crippen LogP contribution in [0.25, 0.3) is 0 Å². The van der Waals surface area contributed by atoms with Crippen molar-refractivity contribution in [3.05, 3.63) is 35.4 Å². The number of fused-ring (bicyclic) bond motifs is 1. The molecule has 2 rings (SSSR count). The number of ether oxygens (including phenoxy) is 1. The highest BCUT2D eigenvalue weighted by molar-refractivity contribution is 5.31. The van der Waals surface area contributed by atoms with Crippen molar-refractivity contribution in [2.24, 2.45) is 0 Å². The van der Waals surface area contributed by atoms with Crippen molar-refractivity contribution in [2.45, 2.75) is 32.9 Å². The molecule has 0 saturated heterocycles. The molecule has 1 unspecified atom stereocenters. The maximum Gasteiger partial charge on any atom is 0.0593 e. The zero-order valence-electron chi connectivity index (χ0n) is 12.2. The lowest BCUT2D eigenvalue weighted by Crippen LogP contribution is -2.32. The summed E-state index contributed by atoms with van der Waals surface area (Å²) >= 11 is 0. The SMILES string of the molecule is CCOCCN(CC)C1CCNCc2ccccc21. The summed E-state index contributed by atoms with van der Waals surface area (Å²) in [5, 5.41) is 3.52. The van der Waals surface area contributed by atoms with Crippen LogP contribution in [0.4, 0.5) is 0 Å². The smallest absolute Gasteiger partial charge is 0.0593 e. The van der Waals surface area contributed by atoms with Crippen molar-refractivity contribution < 1.29 is 4.74 Å². The second kappa shape index (κ2) is 7.63. The molecule has 3 heteroatoms. The van der Waals surface area contributed by atoms with Crippen molar-refractivity contribution in [1.82, 2.24) is 10.2 Å². The van der Waals surface area contributed by atoms with E-state index in [1.165, 1.54) is 17.5 Å². The van der Waals surface area contributed by atoms with Gasteiger partial charge in [0.25, 0.3) is 0 Å². The van der Waals surface area contributed by atoms with E-state index in [4.69, 9.17) is 4.74 Å². The van der Waals surface area contributed by atoms with Gasteiger partial charge < -0.3 is 10.1 Å². The third-order valence-electron chi connectivity index (χ3n) is 3.90. The molecule has 0 radical (unpaired) electrons. The highest BCUT2D eigenvalue weighted by Crippen LogP contribution is 2.28. The van der Waals surface area contributed by atoms with E-state index in [2.05, 4.69) is 48.3 Å². The minimum Gasteiger partial charge on any atom is -0.380 e. The highest BCUT2D eigenvalue weighted by Gasteiger charge is 2.22. The first-order chi connectivity index (χ1) is 9.36. The first-order valence-electron chi connectivity index (χ1n) is 7.47. The molecule has 19 heavy (non-hydrogen) atoms. The maximum atomic E-state index is 5.52. The molecular formula is C16H26N2O. The fourth-order valence-electron chi connectivity index (χ4n) is 2.88. The zero-order valence-corrected chi connectivity index (χ0v) is 12.2. The van der Waals surface area contributed by atoms with Gasteiger partial charge in [0, 0.05) is 25.7 Å². The summed E-state index contributed by atoms with van der Waals surface area (Å²) < 4.78 is 5.52. The zero-order chi connectivity index (χ0) is 13.5. The lowest BCUT2D eigenvalue weighted by atomic mass is 9.98. The van der Waals surface area contributed by atoms with Gasteiger partial charge in [-0.15, -0.1) is 0 Å². The molecule has 1 aliphatic heterocycles. The lowest BCUT2D eigenvalue weighted by Gasteiger charge is -2.31. The van der Waals surface area contributed by atoms with Crippen LogP contribution < -0.4 is 5.32 Å². The molecule has 0 aliphatic carbocycles. The van der Waals surface area contributed by atoms with Gasteiger partial charge in [-0.25, -0.2) is 0 Å². The monoisotopic (exact) mass is 262 g/mol. The molecule has 1 aliphatic rings. The van der Waals surface area contributed by atoms with E-state index in [1.807, 2.05) is 0 Å². The Morgan fingerprint density at radius 3 is 2.95 bits per heavy atom. The second-order valence-electron chi connectivity index (χ2n) is 5.01. The highest BCUT2D eigenvalue weighted by atomic mass is 16.5. The first-order valence-corrected chi connectivity index (χ1v) is 7.47. The molecule has 1 aromatic carbocycles. The van der Waals surface area contributed by atoms with Crippen LogP contribution in [0, 0.1) is 0 Å². The Balaban J connectivity index is 2.12. The van der Waals surface area contributed by atoms with E-state index in [0.717, 1.165) is 39.4 Å². The predicted octanol–water partition coefficient (Wildman–Crippen LogP) is 2.58. The number of nitrogens with zero attached hydrogens (tertiary/aromatic N) is 1. The maximum absolute atomic E-state index is 5.52. The van der Waals surface area contributed by atoms with Crippen molar-refractivity contribution >= 4 is 0 Å². The molecule has 0 aromatic heterocycles. The molecule has 0 fully saturated rings. The summed E-state index contributed by atoms with van der Waals surface area (Å²) in [6.45, 7) is 10.1. The van der Waals surface area contributed by atoms with Gasteiger partial charge in [-0.3, -0.25) is 4.90 Å². The van der Waals surface area contributed by atoms with Gasteiger partial charge in [-0.1, -0.05) is 31.2 Å². The van der Waals surface area contributed by atoms with E-state index in [0.29, 0.717) is 6.04 Å². The number of hydrogen-bond donors (Lipinski definition) is 1. The first kappa shape index (κ1) is 14.5. The standard InChI is InChI=1S/C16H26N2O/c1-3-18(11-12-19-4-2)16-9-10-17-13-14-7-5-6-8-15(14)16/h5-8,16-17H,3-4,9-13H2,1-2H3. The van der Waals surface area contributed by atoms with Crippen LogP contribution in [-0.4, -0.2) is 37.7 Å². The van der Waals surface area contributed by atoms with Crippen LogP contribution in [0.1, 0.15) is 37.4 Å². The fraction of sp³-hybridized carbons (Fsp3) is 0.625. The Kier molecular flexibility index (Phi) is 5.83. The lowest BCUT2D eigenvalue weighted by molar-refractivity contribution is 0.0946. The van der Waals surface area contributed by atoms with E-state index in [1.54, 1.807) is 0 Å². The molecule has 106 valence electrons. The Hall–Kier alpha value is -0.900. The van der Waals surface area contributed by atoms with Crippen molar-refractivity contribution in [1.29, 1.82) is 0 Å². The summed E-state index contributed by atoms with van der Waals surface area (Å²) in [7, 11) is 0. The van der Waals surface area contributed by atoms with Gasteiger partial charge in [0.2, 0.25) is 0 Å². The Morgan fingerprint density at radius 1 is 1.32 bits per heavy atom. The van der Waals surface area contributed by atoms with Gasteiger partial charge in [0.05, 0.1) is 6.61 Å². The largest absolute Gasteiger partial charge is 0.380 e. The summed E-state index contributed by atoms with van der Waals surface area (Å²) in [5.41, 5.74) is 2.94. The van der Waals surface area contributed by atoms with E-state index < -0.39 is 0 Å². The molecule has 1 heterocycles. The minimum atomic E-state index is 0.525. The Morgan fingerprint density at radius 2 is 2.16 bits per heavy atom.